The summed E-state index contributed by atoms with van der Waals surface area (Å²) in [6.07, 6.45) is 0. The molecule has 0 aliphatic carbocycles. The minimum Gasteiger partial charge on any atom is -0.507 e. The van der Waals surface area contributed by atoms with Gasteiger partial charge in [0.05, 0.1) is 14.2 Å². The predicted molar refractivity (Wildman–Crippen MR) is 89.1 cm³/mol. The first-order valence-corrected chi connectivity index (χ1v) is 7.18. The van der Waals surface area contributed by atoms with Crippen LogP contribution in [-0.4, -0.2) is 24.4 Å². The highest BCUT2D eigenvalue weighted by Gasteiger charge is 2.16. The van der Waals surface area contributed by atoms with E-state index in [2.05, 4.69) is 0 Å². The zero-order valence-electron chi connectivity index (χ0n) is 13.4. The fourth-order valence-corrected chi connectivity index (χ4v) is 2.52. The van der Waals surface area contributed by atoms with Crippen LogP contribution in [0, 0.1) is 6.92 Å². The average molecular weight is 328 g/mol. The molecule has 0 spiro atoms. The highest BCUT2D eigenvalue weighted by molar-refractivity contribution is 5.87. The van der Waals surface area contributed by atoms with Gasteiger partial charge in [-0.05, 0) is 25.1 Å². The molecule has 1 aromatic heterocycles. The van der Waals surface area contributed by atoms with E-state index in [0.29, 0.717) is 17.1 Å². The molecule has 0 saturated heterocycles. The number of benzene rings is 2. The molecule has 2 aromatic carbocycles. The van der Waals surface area contributed by atoms with Gasteiger partial charge in [0, 0.05) is 23.3 Å². The molecule has 124 valence electrons. The van der Waals surface area contributed by atoms with E-state index < -0.39 is 5.43 Å². The molecule has 0 atom stereocenters. The van der Waals surface area contributed by atoms with Crippen molar-refractivity contribution in [2.24, 2.45) is 0 Å². The molecule has 0 radical (unpaired) electrons. The average Bonchev–Trinajstić information content (AvgIpc) is 2.58. The molecular weight excluding hydrogens is 312 g/mol. The van der Waals surface area contributed by atoms with Crippen molar-refractivity contribution in [1.29, 1.82) is 0 Å². The van der Waals surface area contributed by atoms with E-state index in [1.165, 1.54) is 33.3 Å². The van der Waals surface area contributed by atoms with Gasteiger partial charge in [0.2, 0.25) is 0 Å². The highest BCUT2D eigenvalue weighted by atomic mass is 16.5. The third kappa shape index (κ3) is 2.42. The van der Waals surface area contributed by atoms with Gasteiger partial charge in [-0.25, -0.2) is 0 Å². The van der Waals surface area contributed by atoms with E-state index in [1.54, 1.807) is 18.2 Å². The lowest BCUT2D eigenvalue weighted by Gasteiger charge is -2.10. The first-order valence-electron chi connectivity index (χ1n) is 7.18. The highest BCUT2D eigenvalue weighted by Crippen LogP contribution is 2.36. The lowest BCUT2D eigenvalue weighted by atomic mass is 10.1. The number of ether oxygens (including phenoxy) is 2. The fraction of sp³-hybridized carbons (Fsp3) is 0.167. The zero-order chi connectivity index (χ0) is 17.4. The Hall–Kier alpha value is -3.15. The van der Waals surface area contributed by atoms with Crippen molar-refractivity contribution in [3.8, 4) is 34.3 Å². The van der Waals surface area contributed by atoms with Crippen LogP contribution in [0.1, 0.15) is 5.56 Å². The van der Waals surface area contributed by atoms with Crippen molar-refractivity contribution in [2.45, 2.75) is 6.92 Å². The van der Waals surface area contributed by atoms with Crippen molar-refractivity contribution in [2.75, 3.05) is 14.2 Å². The Morgan fingerprint density at radius 3 is 2.38 bits per heavy atom. The maximum absolute atomic E-state index is 12.4. The van der Waals surface area contributed by atoms with Crippen LogP contribution < -0.4 is 14.9 Å². The second-order valence-electron chi connectivity index (χ2n) is 5.29. The van der Waals surface area contributed by atoms with Crippen LogP contribution in [0.4, 0.5) is 0 Å². The van der Waals surface area contributed by atoms with Gasteiger partial charge >= 0.3 is 0 Å². The molecule has 0 unspecified atom stereocenters. The van der Waals surface area contributed by atoms with Crippen LogP contribution in [-0.2, 0) is 0 Å². The van der Waals surface area contributed by atoms with Crippen LogP contribution in [0.3, 0.4) is 0 Å². The lowest BCUT2D eigenvalue weighted by Crippen LogP contribution is -2.02. The van der Waals surface area contributed by atoms with Crippen molar-refractivity contribution in [1.82, 2.24) is 0 Å². The molecule has 0 aliphatic heterocycles. The summed E-state index contributed by atoms with van der Waals surface area (Å²) in [5, 5.41) is 20.0. The van der Waals surface area contributed by atoms with Crippen LogP contribution in [0.25, 0.3) is 22.3 Å². The van der Waals surface area contributed by atoms with Gasteiger partial charge in [-0.2, -0.15) is 0 Å². The summed E-state index contributed by atoms with van der Waals surface area (Å²) in [5.41, 5.74) is 0.536. The van der Waals surface area contributed by atoms with Crippen LogP contribution >= 0.6 is 0 Å². The van der Waals surface area contributed by atoms with Gasteiger partial charge in [-0.3, -0.25) is 4.79 Å². The van der Waals surface area contributed by atoms with E-state index in [9.17, 15) is 15.0 Å². The molecule has 3 rings (SSSR count). The second kappa shape index (κ2) is 5.81. The SMILES string of the molecule is COc1ccc(-c2cc(=O)c3c(O)c(C)c(O)cc3o2)cc1OC. The number of methoxy groups -OCH3 is 2. The molecule has 0 saturated carbocycles. The summed E-state index contributed by atoms with van der Waals surface area (Å²) in [7, 11) is 3.04. The quantitative estimate of drug-likeness (QED) is 0.767. The number of hydrogen-bond acceptors (Lipinski definition) is 6. The Morgan fingerprint density at radius 2 is 1.71 bits per heavy atom. The monoisotopic (exact) mass is 328 g/mol. The molecule has 6 nitrogen and oxygen atoms in total. The number of fused-ring (bicyclic) bond motifs is 1. The van der Waals surface area contributed by atoms with Gasteiger partial charge in [-0.15, -0.1) is 0 Å². The van der Waals surface area contributed by atoms with Crippen molar-refractivity contribution < 1.29 is 24.1 Å². The van der Waals surface area contributed by atoms with Gasteiger partial charge in [0.15, 0.2) is 16.9 Å². The van der Waals surface area contributed by atoms with Crippen molar-refractivity contribution in [3.05, 3.63) is 46.1 Å². The predicted octanol–water partition coefficient (Wildman–Crippen LogP) is 3.20. The van der Waals surface area contributed by atoms with E-state index in [1.807, 2.05) is 0 Å². The number of aromatic hydroxyl groups is 2. The Morgan fingerprint density at radius 1 is 1.00 bits per heavy atom. The summed E-state index contributed by atoms with van der Waals surface area (Å²) in [6.45, 7) is 1.52. The summed E-state index contributed by atoms with van der Waals surface area (Å²) in [6, 6.07) is 7.70. The summed E-state index contributed by atoms with van der Waals surface area (Å²) in [4.78, 5) is 12.4. The standard InChI is InChI=1S/C18H16O6/c1-9-11(19)7-16-17(18(9)21)12(20)8-14(24-16)10-4-5-13(22-2)15(6-10)23-3/h4-8,19,21H,1-3H3. The normalized spacial score (nSPS) is 10.8. The maximum Gasteiger partial charge on any atom is 0.197 e. The van der Waals surface area contributed by atoms with Crippen molar-refractivity contribution >= 4 is 11.0 Å². The second-order valence-corrected chi connectivity index (χ2v) is 5.29. The van der Waals surface area contributed by atoms with Crippen LogP contribution in [0.2, 0.25) is 0 Å². The minimum absolute atomic E-state index is 0.0366. The Balaban J connectivity index is 2.25. The minimum atomic E-state index is -0.401. The van der Waals surface area contributed by atoms with Crippen molar-refractivity contribution in [3.63, 3.8) is 0 Å². The number of rotatable bonds is 3. The van der Waals surface area contributed by atoms with E-state index in [4.69, 9.17) is 13.9 Å². The van der Waals surface area contributed by atoms with Crippen LogP contribution in [0.15, 0.2) is 39.5 Å². The van der Waals surface area contributed by atoms with E-state index in [-0.39, 0.29) is 33.8 Å². The van der Waals surface area contributed by atoms with Gasteiger partial charge in [0.1, 0.15) is 28.2 Å². The summed E-state index contributed by atoms with van der Waals surface area (Å²) >= 11 is 0. The molecule has 1 heterocycles. The lowest BCUT2D eigenvalue weighted by molar-refractivity contribution is 0.355. The van der Waals surface area contributed by atoms with Crippen LogP contribution in [0.5, 0.6) is 23.0 Å². The third-order valence-corrected chi connectivity index (χ3v) is 3.89. The Bertz CT molecular complexity index is 987. The number of phenolic OH excluding ortho intramolecular Hbond substituents is 2. The van der Waals surface area contributed by atoms with Gasteiger partial charge < -0.3 is 24.1 Å². The summed E-state index contributed by atoms with van der Waals surface area (Å²) in [5.74, 6) is 0.906. The topological polar surface area (TPSA) is 89.1 Å². The molecule has 0 amide bonds. The molecule has 0 bridgehead atoms. The smallest absolute Gasteiger partial charge is 0.197 e. The maximum atomic E-state index is 12.4. The Labute approximate surface area is 137 Å². The summed E-state index contributed by atoms with van der Waals surface area (Å²) < 4.78 is 16.1. The van der Waals surface area contributed by atoms with E-state index >= 15 is 0 Å². The largest absolute Gasteiger partial charge is 0.507 e. The zero-order valence-corrected chi connectivity index (χ0v) is 13.4. The first kappa shape index (κ1) is 15.7. The fourth-order valence-electron chi connectivity index (χ4n) is 2.52. The molecule has 6 heteroatoms. The molecule has 0 aliphatic rings. The third-order valence-electron chi connectivity index (χ3n) is 3.89. The van der Waals surface area contributed by atoms with E-state index in [0.717, 1.165) is 0 Å². The molecule has 0 fully saturated rings. The van der Waals surface area contributed by atoms with Gasteiger partial charge in [-0.1, -0.05) is 0 Å². The molecule has 24 heavy (non-hydrogen) atoms. The first-order chi connectivity index (χ1) is 11.5. The molecule has 2 N–H and O–H groups in total. The number of hydrogen-bond donors (Lipinski definition) is 2. The Kier molecular flexibility index (Phi) is 3.81. The molecule has 3 aromatic rings. The number of phenols is 2. The molecular formula is C18H16O6. The van der Waals surface area contributed by atoms with Gasteiger partial charge in [0.25, 0.3) is 0 Å².